The molecule has 1 aliphatic heterocycles. The molecule has 1 amide bonds. The normalized spacial score (nSPS) is 14.2. The van der Waals surface area contributed by atoms with Crippen molar-refractivity contribution in [3.8, 4) is 0 Å². The Balaban J connectivity index is 1.57. The van der Waals surface area contributed by atoms with Crippen molar-refractivity contribution >= 4 is 34.7 Å². The number of carbonyl (C=O) groups is 1. The number of nitrogens with one attached hydrogen (secondary N) is 2. The van der Waals surface area contributed by atoms with E-state index in [1.54, 1.807) is 24.9 Å². The average Bonchev–Trinajstić information content (AvgIpc) is 3.41. The quantitative estimate of drug-likeness (QED) is 0.439. The third-order valence-corrected chi connectivity index (χ3v) is 6.04. The van der Waals surface area contributed by atoms with Crippen molar-refractivity contribution in [3.63, 3.8) is 0 Å². The first-order chi connectivity index (χ1) is 16.4. The number of aromatic nitrogens is 6. The molecule has 4 rings (SSSR count). The first-order valence-corrected chi connectivity index (χ1v) is 12.0. The van der Waals surface area contributed by atoms with E-state index in [1.165, 1.54) is 0 Å². The van der Waals surface area contributed by atoms with E-state index in [4.69, 9.17) is 4.98 Å². The molecule has 1 aliphatic rings. The van der Waals surface area contributed by atoms with Gasteiger partial charge in [-0.3, -0.25) is 14.7 Å². The van der Waals surface area contributed by atoms with Crippen molar-refractivity contribution in [1.29, 1.82) is 0 Å². The number of carbonyl (C=O) groups excluding carboxylic acids is 1. The molecule has 3 aromatic rings. The van der Waals surface area contributed by atoms with Crippen molar-refractivity contribution in [3.05, 3.63) is 24.9 Å². The highest BCUT2D eigenvalue weighted by Gasteiger charge is 2.21. The predicted molar refractivity (Wildman–Crippen MR) is 132 cm³/mol. The van der Waals surface area contributed by atoms with Crippen molar-refractivity contribution in [2.75, 3.05) is 36.8 Å². The number of fused-ring (bicyclic) bond motifs is 1. The van der Waals surface area contributed by atoms with Crippen LogP contribution in [-0.2, 0) is 11.3 Å². The van der Waals surface area contributed by atoms with E-state index in [1.807, 2.05) is 9.47 Å². The number of anilines is 3. The Kier molecular flexibility index (Phi) is 7.51. The third-order valence-electron chi connectivity index (χ3n) is 6.04. The van der Waals surface area contributed by atoms with Gasteiger partial charge < -0.3 is 20.1 Å². The van der Waals surface area contributed by atoms with Crippen LogP contribution < -0.4 is 10.6 Å². The molecule has 1 fully saturated rings. The van der Waals surface area contributed by atoms with Crippen LogP contribution in [0.25, 0.3) is 11.2 Å². The summed E-state index contributed by atoms with van der Waals surface area (Å²) in [6, 6.07) is 0.905. The second-order valence-electron chi connectivity index (χ2n) is 9.06. The van der Waals surface area contributed by atoms with Crippen LogP contribution >= 0.6 is 0 Å². The zero-order valence-corrected chi connectivity index (χ0v) is 20.4. The Morgan fingerprint density at radius 3 is 2.59 bits per heavy atom. The van der Waals surface area contributed by atoms with Crippen LogP contribution in [0.5, 0.6) is 0 Å². The number of imidazole rings is 1. The van der Waals surface area contributed by atoms with E-state index in [9.17, 15) is 4.79 Å². The Morgan fingerprint density at radius 1 is 1.09 bits per heavy atom. The molecular formula is C23H34N10O. The summed E-state index contributed by atoms with van der Waals surface area (Å²) in [5.41, 5.74) is 1.41. The van der Waals surface area contributed by atoms with Crippen LogP contribution in [0.3, 0.4) is 0 Å². The number of likely N-dealkylation sites (tertiary alicyclic amines) is 1. The van der Waals surface area contributed by atoms with E-state index < -0.39 is 0 Å². The summed E-state index contributed by atoms with van der Waals surface area (Å²) in [6.45, 7) is 12.5. The summed E-state index contributed by atoms with van der Waals surface area (Å²) < 4.78 is 1.98. The zero-order chi connectivity index (χ0) is 24.1. The van der Waals surface area contributed by atoms with Crippen molar-refractivity contribution in [2.24, 2.45) is 0 Å². The first kappa shape index (κ1) is 23.8. The number of nitrogens with zero attached hydrogens (tertiary/aromatic N) is 8. The van der Waals surface area contributed by atoms with Crippen molar-refractivity contribution in [1.82, 2.24) is 39.3 Å². The fraction of sp³-hybridized carbons (Fsp3) is 0.565. The highest BCUT2D eigenvalue weighted by molar-refractivity contribution is 5.84. The standard InChI is InChI=1S/C23H34N10O/c1-16(2)33(17(3)4)11-9-26-21-20-22(30-23(29-21)28-18-14-24-7-8-25-18)32(15-27-20)13-12-31-10-5-6-19(31)34/h7-8,14-17H,5-6,9-13H2,1-4H3,(H2,25,26,28,29,30). The second kappa shape index (κ2) is 10.7. The second-order valence-corrected chi connectivity index (χ2v) is 9.06. The fourth-order valence-corrected chi connectivity index (χ4v) is 4.35. The fourth-order valence-electron chi connectivity index (χ4n) is 4.35. The Morgan fingerprint density at radius 2 is 1.91 bits per heavy atom. The van der Waals surface area contributed by atoms with Crippen LogP contribution in [0.1, 0.15) is 40.5 Å². The number of hydrogen-bond acceptors (Lipinski definition) is 9. The molecule has 1 saturated heterocycles. The average molecular weight is 467 g/mol. The van der Waals surface area contributed by atoms with Gasteiger partial charge in [0.05, 0.1) is 12.5 Å². The molecule has 182 valence electrons. The molecule has 0 atom stereocenters. The number of amides is 1. The number of hydrogen-bond donors (Lipinski definition) is 2. The van der Waals surface area contributed by atoms with Gasteiger partial charge in [0, 0.05) is 63.6 Å². The molecule has 0 unspecified atom stereocenters. The minimum atomic E-state index is 0.214. The number of rotatable bonds is 11. The van der Waals surface area contributed by atoms with E-state index in [0.717, 1.165) is 26.1 Å². The van der Waals surface area contributed by atoms with Gasteiger partial charge in [-0.1, -0.05) is 0 Å². The zero-order valence-electron chi connectivity index (χ0n) is 20.4. The van der Waals surface area contributed by atoms with Gasteiger partial charge in [0.15, 0.2) is 22.8 Å². The molecule has 0 radical (unpaired) electrons. The molecule has 0 saturated carbocycles. The SMILES string of the molecule is CC(C)N(CCNc1nc(Nc2cnccn2)nc2c1ncn2CCN1CCCC1=O)C(C)C. The van der Waals surface area contributed by atoms with Crippen molar-refractivity contribution < 1.29 is 4.79 Å². The monoisotopic (exact) mass is 466 g/mol. The summed E-state index contributed by atoms with van der Waals surface area (Å²) in [6.07, 6.45) is 8.19. The molecule has 0 aromatic carbocycles. The highest BCUT2D eigenvalue weighted by Crippen LogP contribution is 2.22. The van der Waals surface area contributed by atoms with Crippen LogP contribution in [-0.4, -0.2) is 83.5 Å². The van der Waals surface area contributed by atoms with Gasteiger partial charge in [-0.15, -0.1) is 0 Å². The lowest BCUT2D eigenvalue weighted by Gasteiger charge is -2.30. The largest absolute Gasteiger partial charge is 0.367 e. The summed E-state index contributed by atoms with van der Waals surface area (Å²) in [5, 5.41) is 6.60. The van der Waals surface area contributed by atoms with Gasteiger partial charge in [-0.05, 0) is 34.1 Å². The summed E-state index contributed by atoms with van der Waals surface area (Å²) in [4.78, 5) is 38.7. The smallest absolute Gasteiger partial charge is 0.232 e. The van der Waals surface area contributed by atoms with Gasteiger partial charge in [0.25, 0.3) is 0 Å². The van der Waals surface area contributed by atoms with Gasteiger partial charge >= 0.3 is 0 Å². The summed E-state index contributed by atoms with van der Waals surface area (Å²) >= 11 is 0. The van der Waals surface area contributed by atoms with Crippen LogP contribution in [0.4, 0.5) is 17.6 Å². The first-order valence-electron chi connectivity index (χ1n) is 12.0. The maximum atomic E-state index is 12.0. The van der Waals surface area contributed by atoms with Gasteiger partial charge in [-0.25, -0.2) is 9.97 Å². The molecular weight excluding hydrogens is 432 g/mol. The Labute approximate surface area is 200 Å². The van der Waals surface area contributed by atoms with Crippen molar-refractivity contribution in [2.45, 2.75) is 59.2 Å². The maximum Gasteiger partial charge on any atom is 0.232 e. The molecule has 4 heterocycles. The summed E-state index contributed by atoms with van der Waals surface area (Å²) in [7, 11) is 0. The topological polar surface area (TPSA) is 117 Å². The van der Waals surface area contributed by atoms with E-state index in [0.29, 0.717) is 60.3 Å². The van der Waals surface area contributed by atoms with E-state index >= 15 is 0 Å². The Hall–Kier alpha value is -3.34. The van der Waals surface area contributed by atoms with Gasteiger partial charge in [-0.2, -0.15) is 9.97 Å². The van der Waals surface area contributed by atoms with Crippen LogP contribution in [0.2, 0.25) is 0 Å². The predicted octanol–water partition coefficient (Wildman–Crippen LogP) is 2.51. The molecule has 3 aromatic heterocycles. The van der Waals surface area contributed by atoms with Crippen LogP contribution in [0, 0.1) is 0 Å². The van der Waals surface area contributed by atoms with Crippen LogP contribution in [0.15, 0.2) is 24.9 Å². The lowest BCUT2D eigenvalue weighted by atomic mass is 10.2. The summed E-state index contributed by atoms with van der Waals surface area (Å²) in [5.74, 6) is 1.86. The molecule has 11 nitrogen and oxygen atoms in total. The van der Waals surface area contributed by atoms with E-state index in [-0.39, 0.29) is 5.91 Å². The molecule has 34 heavy (non-hydrogen) atoms. The lowest BCUT2D eigenvalue weighted by molar-refractivity contribution is -0.127. The minimum Gasteiger partial charge on any atom is -0.367 e. The third kappa shape index (κ3) is 5.58. The molecule has 0 spiro atoms. The molecule has 2 N–H and O–H groups in total. The maximum absolute atomic E-state index is 12.0. The molecule has 11 heteroatoms. The van der Waals surface area contributed by atoms with Gasteiger partial charge in [0.2, 0.25) is 11.9 Å². The van der Waals surface area contributed by atoms with E-state index in [2.05, 4.69) is 63.2 Å². The highest BCUT2D eigenvalue weighted by atomic mass is 16.2. The van der Waals surface area contributed by atoms with Gasteiger partial charge in [0.1, 0.15) is 0 Å². The minimum absolute atomic E-state index is 0.214. The molecule has 0 aliphatic carbocycles. The molecule has 0 bridgehead atoms. The Bertz CT molecular complexity index is 1090. The lowest BCUT2D eigenvalue weighted by Crippen LogP contribution is -2.40.